The summed E-state index contributed by atoms with van der Waals surface area (Å²) in [4.78, 5) is 14.1. The Morgan fingerprint density at radius 3 is 2.65 bits per heavy atom. The molecule has 0 aromatic carbocycles. The van der Waals surface area contributed by atoms with E-state index in [1.165, 1.54) is 5.57 Å². The summed E-state index contributed by atoms with van der Waals surface area (Å²) < 4.78 is 0. The summed E-state index contributed by atoms with van der Waals surface area (Å²) in [7, 11) is 0. The van der Waals surface area contributed by atoms with Gasteiger partial charge in [-0.25, -0.2) is 4.79 Å². The lowest BCUT2D eigenvalue weighted by molar-refractivity contribution is 0.158. The number of nitrogens with zero attached hydrogens (tertiary/aromatic N) is 1. The van der Waals surface area contributed by atoms with Gasteiger partial charge in [-0.3, -0.25) is 4.90 Å². The van der Waals surface area contributed by atoms with Gasteiger partial charge in [0.15, 0.2) is 0 Å². The quantitative estimate of drug-likeness (QED) is 0.620. The number of aliphatic hydroxyl groups is 1. The fourth-order valence-corrected chi connectivity index (χ4v) is 2.50. The highest BCUT2D eigenvalue weighted by atomic mass is 16.3. The molecular weight excluding hydrogens is 254 g/mol. The van der Waals surface area contributed by atoms with E-state index in [0.717, 1.165) is 45.3 Å². The van der Waals surface area contributed by atoms with Crippen molar-refractivity contribution in [3.8, 4) is 0 Å². The van der Waals surface area contributed by atoms with Crippen molar-refractivity contribution in [3.05, 3.63) is 12.2 Å². The second-order valence-electron chi connectivity index (χ2n) is 5.80. The van der Waals surface area contributed by atoms with E-state index >= 15 is 0 Å². The minimum absolute atomic E-state index is 0.168. The van der Waals surface area contributed by atoms with Crippen molar-refractivity contribution in [2.45, 2.75) is 51.7 Å². The van der Waals surface area contributed by atoms with Crippen LogP contribution in [-0.4, -0.2) is 54.4 Å². The second kappa shape index (κ2) is 8.97. The summed E-state index contributed by atoms with van der Waals surface area (Å²) in [5, 5.41) is 15.3. The van der Waals surface area contributed by atoms with Crippen LogP contribution < -0.4 is 10.6 Å². The number of carbonyl (C=O) groups is 1. The maximum atomic E-state index is 11.7. The number of urea groups is 1. The lowest BCUT2D eigenvalue weighted by Crippen LogP contribution is -2.49. The standard InChI is InChI=1S/C15H29N3O2/c1-4-5-14(19)10-16-15(20)17-13-6-8-18(9-7-13)11-12(2)3/h13-14,19H,2,4-11H2,1,3H3,(H2,16,17,20). The topological polar surface area (TPSA) is 64.6 Å². The number of amides is 2. The van der Waals surface area contributed by atoms with Crippen LogP contribution in [0, 0.1) is 0 Å². The van der Waals surface area contributed by atoms with Gasteiger partial charge in [-0.05, 0) is 26.2 Å². The molecule has 0 saturated carbocycles. The van der Waals surface area contributed by atoms with Gasteiger partial charge in [0.05, 0.1) is 6.10 Å². The number of carbonyl (C=O) groups excluding carboxylic acids is 1. The van der Waals surface area contributed by atoms with Crippen molar-refractivity contribution in [1.29, 1.82) is 0 Å². The number of hydrogen-bond acceptors (Lipinski definition) is 3. The maximum absolute atomic E-state index is 11.7. The fourth-order valence-electron chi connectivity index (χ4n) is 2.50. The van der Waals surface area contributed by atoms with E-state index in [2.05, 4.69) is 22.1 Å². The van der Waals surface area contributed by atoms with Crippen molar-refractivity contribution in [2.75, 3.05) is 26.2 Å². The molecule has 0 spiro atoms. The first-order chi connectivity index (χ1) is 9.51. The highest BCUT2D eigenvalue weighted by molar-refractivity contribution is 5.74. The molecule has 0 aromatic heterocycles. The van der Waals surface area contributed by atoms with Crippen LogP contribution in [0.25, 0.3) is 0 Å². The number of hydrogen-bond donors (Lipinski definition) is 3. The van der Waals surface area contributed by atoms with Crippen molar-refractivity contribution < 1.29 is 9.90 Å². The molecule has 1 saturated heterocycles. The lowest BCUT2D eigenvalue weighted by Gasteiger charge is -2.32. The van der Waals surface area contributed by atoms with Crippen LogP contribution in [-0.2, 0) is 0 Å². The van der Waals surface area contributed by atoms with Gasteiger partial charge in [0, 0.05) is 32.2 Å². The molecule has 1 fully saturated rings. The number of nitrogens with one attached hydrogen (secondary N) is 2. The summed E-state index contributed by atoms with van der Waals surface area (Å²) >= 11 is 0. The van der Waals surface area contributed by atoms with E-state index in [1.807, 2.05) is 13.8 Å². The average Bonchev–Trinajstić information content (AvgIpc) is 2.38. The minimum Gasteiger partial charge on any atom is -0.391 e. The van der Waals surface area contributed by atoms with Crippen LogP contribution >= 0.6 is 0 Å². The highest BCUT2D eigenvalue weighted by Gasteiger charge is 2.20. The molecule has 1 aliphatic rings. The zero-order valence-electron chi connectivity index (χ0n) is 12.8. The predicted octanol–water partition coefficient (Wildman–Crippen LogP) is 1.49. The van der Waals surface area contributed by atoms with Gasteiger partial charge in [-0.1, -0.05) is 25.5 Å². The lowest BCUT2D eigenvalue weighted by atomic mass is 10.0. The maximum Gasteiger partial charge on any atom is 0.315 e. The monoisotopic (exact) mass is 283 g/mol. The summed E-state index contributed by atoms with van der Waals surface area (Å²) in [6, 6.07) is 0.0678. The van der Waals surface area contributed by atoms with Gasteiger partial charge in [-0.2, -0.15) is 0 Å². The number of likely N-dealkylation sites (tertiary alicyclic amines) is 1. The molecule has 0 bridgehead atoms. The summed E-state index contributed by atoms with van der Waals surface area (Å²) in [5.74, 6) is 0. The zero-order chi connectivity index (χ0) is 15.0. The Morgan fingerprint density at radius 2 is 2.10 bits per heavy atom. The predicted molar refractivity (Wildman–Crippen MR) is 81.7 cm³/mol. The SMILES string of the molecule is C=C(C)CN1CCC(NC(=O)NCC(O)CCC)CC1. The first-order valence-electron chi connectivity index (χ1n) is 7.60. The van der Waals surface area contributed by atoms with Gasteiger partial charge in [0.1, 0.15) is 0 Å². The Hall–Kier alpha value is -1.07. The van der Waals surface area contributed by atoms with Gasteiger partial charge in [-0.15, -0.1) is 0 Å². The van der Waals surface area contributed by atoms with E-state index in [0.29, 0.717) is 6.54 Å². The van der Waals surface area contributed by atoms with Crippen LogP contribution in [0.5, 0.6) is 0 Å². The molecule has 1 rings (SSSR count). The van der Waals surface area contributed by atoms with Crippen molar-refractivity contribution in [1.82, 2.24) is 15.5 Å². The number of rotatable bonds is 7. The molecule has 0 aliphatic carbocycles. The van der Waals surface area contributed by atoms with E-state index in [4.69, 9.17) is 0 Å². The van der Waals surface area contributed by atoms with Crippen LogP contribution in [0.3, 0.4) is 0 Å². The Balaban J connectivity index is 2.16. The molecule has 1 aliphatic heterocycles. The fraction of sp³-hybridized carbons (Fsp3) is 0.800. The first-order valence-corrected chi connectivity index (χ1v) is 7.60. The van der Waals surface area contributed by atoms with Crippen LogP contribution in [0.1, 0.15) is 39.5 Å². The summed E-state index contributed by atoms with van der Waals surface area (Å²) in [5.41, 5.74) is 1.18. The Bertz CT molecular complexity index is 312. The molecule has 2 amide bonds. The van der Waals surface area contributed by atoms with Gasteiger partial charge < -0.3 is 15.7 Å². The molecule has 5 heteroatoms. The molecule has 0 radical (unpaired) electrons. The Labute approximate surface area is 122 Å². The molecule has 0 aromatic rings. The van der Waals surface area contributed by atoms with E-state index in [9.17, 15) is 9.90 Å². The van der Waals surface area contributed by atoms with Gasteiger partial charge in [0.25, 0.3) is 0 Å². The molecule has 20 heavy (non-hydrogen) atoms. The number of aliphatic hydroxyl groups excluding tert-OH is 1. The zero-order valence-corrected chi connectivity index (χ0v) is 12.8. The van der Waals surface area contributed by atoms with Crippen molar-refractivity contribution in [3.63, 3.8) is 0 Å². The minimum atomic E-state index is -0.442. The molecule has 5 nitrogen and oxygen atoms in total. The largest absolute Gasteiger partial charge is 0.391 e. The average molecular weight is 283 g/mol. The van der Waals surface area contributed by atoms with Gasteiger partial charge >= 0.3 is 6.03 Å². The molecule has 3 N–H and O–H groups in total. The van der Waals surface area contributed by atoms with Crippen molar-refractivity contribution in [2.24, 2.45) is 0 Å². The third-order valence-corrected chi connectivity index (χ3v) is 3.54. The second-order valence-corrected chi connectivity index (χ2v) is 5.80. The van der Waals surface area contributed by atoms with Crippen LogP contribution in [0.2, 0.25) is 0 Å². The molecule has 116 valence electrons. The van der Waals surface area contributed by atoms with Crippen LogP contribution in [0.15, 0.2) is 12.2 Å². The van der Waals surface area contributed by atoms with E-state index in [-0.39, 0.29) is 12.1 Å². The third kappa shape index (κ3) is 6.91. The molecule has 1 atom stereocenters. The summed E-state index contributed by atoms with van der Waals surface area (Å²) in [6.07, 6.45) is 3.14. The Kier molecular flexibility index (Phi) is 7.62. The first kappa shape index (κ1) is 17.0. The molecular formula is C15H29N3O2. The third-order valence-electron chi connectivity index (χ3n) is 3.54. The highest BCUT2D eigenvalue weighted by Crippen LogP contribution is 2.11. The Morgan fingerprint density at radius 1 is 1.45 bits per heavy atom. The van der Waals surface area contributed by atoms with E-state index < -0.39 is 6.10 Å². The number of piperidine rings is 1. The van der Waals surface area contributed by atoms with Crippen LogP contribution in [0.4, 0.5) is 4.79 Å². The molecule has 1 unspecified atom stereocenters. The van der Waals surface area contributed by atoms with Crippen molar-refractivity contribution >= 4 is 6.03 Å². The molecule has 1 heterocycles. The smallest absolute Gasteiger partial charge is 0.315 e. The van der Waals surface area contributed by atoms with Gasteiger partial charge in [0.2, 0.25) is 0 Å². The summed E-state index contributed by atoms with van der Waals surface area (Å²) in [6.45, 7) is 11.3. The van der Waals surface area contributed by atoms with E-state index in [1.54, 1.807) is 0 Å². The normalized spacial score (nSPS) is 18.6.